The molecule has 6 nitrogen and oxygen atoms in total. The molecule has 6 heteroatoms. The third kappa shape index (κ3) is 3.68. The zero-order chi connectivity index (χ0) is 16.8. The van der Waals surface area contributed by atoms with E-state index in [4.69, 9.17) is 11.1 Å². The number of nitrogen functional groups attached to an aromatic ring is 1. The first-order chi connectivity index (χ1) is 11.7. The molecule has 0 saturated heterocycles. The second kappa shape index (κ2) is 7.26. The largest absolute Gasteiger partial charge is 0.398 e. The van der Waals surface area contributed by atoms with Crippen LogP contribution in [0, 0.1) is 5.41 Å². The Morgan fingerprint density at radius 1 is 0.958 bits per heavy atom. The number of hydrogen-bond donors (Lipinski definition) is 3. The highest BCUT2D eigenvalue weighted by molar-refractivity contribution is 5.94. The van der Waals surface area contributed by atoms with Gasteiger partial charge in [0, 0.05) is 34.8 Å². The summed E-state index contributed by atoms with van der Waals surface area (Å²) in [6, 6.07) is 20.9. The highest BCUT2D eigenvalue weighted by Gasteiger charge is 2.04. The van der Waals surface area contributed by atoms with E-state index in [0.29, 0.717) is 5.69 Å². The molecule has 0 saturated carbocycles. The lowest BCUT2D eigenvalue weighted by atomic mass is 10.0. The summed E-state index contributed by atoms with van der Waals surface area (Å²) in [5.74, 6) is 0.0283. The number of hydrogen-bond acceptors (Lipinski definition) is 4. The van der Waals surface area contributed by atoms with Crippen LogP contribution in [0.3, 0.4) is 0 Å². The van der Waals surface area contributed by atoms with E-state index in [1.165, 1.54) is 0 Å². The van der Waals surface area contributed by atoms with Crippen molar-refractivity contribution in [3.05, 3.63) is 78.6 Å². The van der Waals surface area contributed by atoms with E-state index < -0.39 is 0 Å². The van der Waals surface area contributed by atoms with Crippen LogP contribution in [0.25, 0.3) is 11.1 Å². The Bertz CT molecular complexity index is 856. The van der Waals surface area contributed by atoms with Crippen molar-refractivity contribution in [2.75, 3.05) is 5.73 Å². The predicted molar refractivity (Wildman–Crippen MR) is 93.8 cm³/mol. The van der Waals surface area contributed by atoms with Crippen LogP contribution in [-0.2, 0) is 0 Å². The molecule has 5 N–H and O–H groups in total. The van der Waals surface area contributed by atoms with Gasteiger partial charge in [0.15, 0.2) is 11.5 Å². The topological polar surface area (TPSA) is 104 Å². The Balaban J connectivity index is 1.66. The molecule has 24 heavy (non-hydrogen) atoms. The molecule has 0 atom stereocenters. The molecule has 3 aromatic rings. The molecule has 1 aromatic heterocycles. The van der Waals surface area contributed by atoms with E-state index in [0.717, 1.165) is 22.5 Å². The van der Waals surface area contributed by atoms with Crippen LogP contribution in [-0.4, -0.2) is 10.8 Å². The molecule has 0 fully saturated rings. The summed E-state index contributed by atoms with van der Waals surface area (Å²) in [5.41, 5.74) is 11.8. The summed E-state index contributed by atoms with van der Waals surface area (Å²) in [5, 5.41) is 15.6. The summed E-state index contributed by atoms with van der Waals surface area (Å²) in [6.45, 7) is 0. The van der Waals surface area contributed by atoms with Gasteiger partial charge in [0.1, 0.15) is 5.69 Å². The third-order valence-electron chi connectivity index (χ3n) is 3.45. The molecule has 0 aliphatic carbocycles. The number of amidine groups is 1. The lowest BCUT2D eigenvalue weighted by molar-refractivity contribution is -0.585. The number of para-hydroxylation sites is 1. The minimum Gasteiger partial charge on any atom is -0.398 e. The quantitative estimate of drug-likeness (QED) is 0.172. The van der Waals surface area contributed by atoms with Crippen molar-refractivity contribution in [1.29, 1.82) is 5.41 Å². The van der Waals surface area contributed by atoms with Gasteiger partial charge in [0.05, 0.1) is 0 Å². The Morgan fingerprint density at radius 3 is 2.42 bits per heavy atom. The van der Waals surface area contributed by atoms with Crippen molar-refractivity contribution in [2.24, 2.45) is 10.3 Å². The van der Waals surface area contributed by atoms with Gasteiger partial charge in [-0.25, -0.2) is 0 Å². The Labute approximate surface area is 139 Å². The maximum absolute atomic E-state index is 7.81. The average Bonchev–Trinajstić information content (AvgIpc) is 2.63. The first-order valence-corrected chi connectivity index (χ1v) is 7.43. The van der Waals surface area contributed by atoms with Crippen LogP contribution in [0.2, 0.25) is 0 Å². The van der Waals surface area contributed by atoms with Crippen LogP contribution >= 0.6 is 0 Å². The molecule has 0 unspecified atom stereocenters. The molecule has 0 amide bonds. The van der Waals surface area contributed by atoms with E-state index in [9.17, 15) is 0 Å². The normalized spacial score (nSPS) is 10.8. The Morgan fingerprint density at radius 2 is 1.71 bits per heavy atom. The van der Waals surface area contributed by atoms with Gasteiger partial charge in [0.25, 0.3) is 0 Å². The van der Waals surface area contributed by atoms with Crippen molar-refractivity contribution >= 4 is 17.2 Å². The van der Waals surface area contributed by atoms with Crippen molar-refractivity contribution in [2.45, 2.75) is 0 Å². The van der Waals surface area contributed by atoms with E-state index in [1.54, 1.807) is 23.8 Å². The lowest BCUT2D eigenvalue weighted by Crippen LogP contribution is -2.70. The van der Waals surface area contributed by atoms with Crippen LogP contribution in [0.4, 0.5) is 11.4 Å². The predicted octanol–water partition coefficient (Wildman–Crippen LogP) is 2.92. The van der Waals surface area contributed by atoms with Crippen LogP contribution in [0.15, 0.2) is 83.3 Å². The molecular weight excluding hydrogens is 300 g/mol. The summed E-state index contributed by atoms with van der Waals surface area (Å²) in [7, 11) is 0. The van der Waals surface area contributed by atoms with Crippen molar-refractivity contribution in [1.82, 2.24) is 4.98 Å². The van der Waals surface area contributed by atoms with Gasteiger partial charge in [-0.1, -0.05) is 29.4 Å². The Kier molecular flexibility index (Phi) is 4.69. The number of nitrogens with two attached hydrogens (primary N) is 2. The fourth-order valence-electron chi connectivity index (χ4n) is 2.22. The molecular formula is C18H17N6+. The van der Waals surface area contributed by atoms with E-state index in [1.807, 2.05) is 54.6 Å². The lowest BCUT2D eigenvalue weighted by Gasteiger charge is -2.05. The minimum absolute atomic E-state index is 0.0283. The Hall–Kier alpha value is -3.38. The fraction of sp³-hybridized carbons (Fsp3) is 0. The van der Waals surface area contributed by atoms with Crippen LogP contribution in [0.1, 0.15) is 5.69 Å². The number of nitrogens with zero attached hydrogens (tertiary/aromatic N) is 3. The second-order valence-electron chi connectivity index (χ2n) is 5.12. The third-order valence-corrected chi connectivity index (χ3v) is 3.45. The number of anilines is 1. The standard InChI is InChI=1S/C18H16N6/c19-16-6-2-1-5-15(16)13-8-10-14(11-9-13)22-24-23-18(20)17-7-3-4-12-21-17/h1-12H,19H2,(H2,20,22,23)/p+1. The molecule has 3 rings (SSSR count). The maximum Gasteiger partial charge on any atom is 0.198 e. The number of pyridine rings is 1. The van der Waals surface area contributed by atoms with Gasteiger partial charge in [-0.2, -0.15) is 5.43 Å². The summed E-state index contributed by atoms with van der Waals surface area (Å²) < 4.78 is 0. The maximum atomic E-state index is 7.81. The first kappa shape index (κ1) is 15.5. The fourth-order valence-corrected chi connectivity index (χ4v) is 2.22. The van der Waals surface area contributed by atoms with Crippen molar-refractivity contribution in [3.63, 3.8) is 0 Å². The number of rotatable bonds is 4. The monoisotopic (exact) mass is 317 g/mol. The SMILES string of the molecule is N=C(N=N[NH2+]c1ccc(-c2ccccc2N)cc1)c1ccccn1. The van der Waals surface area contributed by atoms with E-state index >= 15 is 0 Å². The molecule has 1 heterocycles. The van der Waals surface area contributed by atoms with Gasteiger partial charge in [0.2, 0.25) is 0 Å². The summed E-state index contributed by atoms with van der Waals surface area (Å²) >= 11 is 0. The van der Waals surface area contributed by atoms with Gasteiger partial charge in [-0.3, -0.25) is 10.4 Å². The zero-order valence-electron chi connectivity index (χ0n) is 12.9. The molecule has 0 spiro atoms. The molecule has 0 bridgehead atoms. The number of benzene rings is 2. The smallest absolute Gasteiger partial charge is 0.198 e. The number of quaternary nitrogens is 1. The molecule has 0 radical (unpaired) electrons. The van der Waals surface area contributed by atoms with Gasteiger partial charge in [-0.05, 0) is 35.9 Å². The van der Waals surface area contributed by atoms with Gasteiger partial charge >= 0.3 is 0 Å². The van der Waals surface area contributed by atoms with Gasteiger partial charge in [-0.15, -0.1) is 0 Å². The molecule has 0 aliphatic rings. The minimum atomic E-state index is 0.0283. The highest BCUT2D eigenvalue weighted by Crippen LogP contribution is 2.25. The van der Waals surface area contributed by atoms with Crippen LogP contribution in [0.5, 0.6) is 0 Å². The van der Waals surface area contributed by atoms with E-state index in [2.05, 4.69) is 15.3 Å². The number of nitrogens with one attached hydrogen (secondary N) is 1. The van der Waals surface area contributed by atoms with Crippen LogP contribution < -0.4 is 11.2 Å². The highest BCUT2D eigenvalue weighted by atomic mass is 15.4. The van der Waals surface area contributed by atoms with Crippen molar-refractivity contribution < 1.29 is 5.43 Å². The van der Waals surface area contributed by atoms with Crippen molar-refractivity contribution in [3.8, 4) is 11.1 Å². The summed E-state index contributed by atoms with van der Waals surface area (Å²) in [4.78, 5) is 4.05. The molecule has 0 aliphatic heterocycles. The average molecular weight is 317 g/mol. The first-order valence-electron chi connectivity index (χ1n) is 7.43. The number of aromatic nitrogens is 1. The second-order valence-corrected chi connectivity index (χ2v) is 5.12. The summed E-state index contributed by atoms with van der Waals surface area (Å²) in [6.07, 6.45) is 1.62. The van der Waals surface area contributed by atoms with E-state index in [-0.39, 0.29) is 5.84 Å². The molecule has 118 valence electrons. The van der Waals surface area contributed by atoms with Gasteiger partial charge < -0.3 is 5.73 Å². The molecule has 2 aromatic carbocycles. The zero-order valence-corrected chi connectivity index (χ0v) is 12.9.